The zero-order chi connectivity index (χ0) is 17.2. The number of fused-ring (bicyclic) bond motifs is 1. The van der Waals surface area contributed by atoms with Gasteiger partial charge >= 0.3 is 6.03 Å². The van der Waals surface area contributed by atoms with Gasteiger partial charge in [0.1, 0.15) is 11.3 Å². The maximum Gasteiger partial charge on any atom is 0.317 e. The predicted molar refractivity (Wildman–Crippen MR) is 96.1 cm³/mol. The number of likely N-dealkylation sites (tertiary alicyclic amines) is 1. The van der Waals surface area contributed by atoms with Gasteiger partial charge in [0.15, 0.2) is 5.65 Å². The van der Waals surface area contributed by atoms with Crippen molar-refractivity contribution in [2.75, 3.05) is 13.1 Å². The van der Waals surface area contributed by atoms with Gasteiger partial charge in [-0.3, -0.25) is 0 Å². The van der Waals surface area contributed by atoms with Gasteiger partial charge in [-0.15, -0.1) is 0 Å². The molecular weight excluding hydrogens is 314 g/mol. The van der Waals surface area contributed by atoms with Gasteiger partial charge in [-0.2, -0.15) is 0 Å². The molecule has 0 radical (unpaired) electrons. The van der Waals surface area contributed by atoms with Crippen LogP contribution < -0.4 is 5.32 Å². The molecular formula is C19H21N5O. The van der Waals surface area contributed by atoms with Crippen LogP contribution in [0.25, 0.3) is 11.2 Å². The number of nitrogens with one attached hydrogen (secondary N) is 1. The van der Waals surface area contributed by atoms with E-state index in [9.17, 15) is 4.79 Å². The van der Waals surface area contributed by atoms with Crippen molar-refractivity contribution in [3.05, 3.63) is 60.0 Å². The number of carbonyl (C=O) groups excluding carboxylic acids is 1. The Morgan fingerprint density at radius 1 is 1.24 bits per heavy atom. The molecule has 4 rings (SSSR count). The highest BCUT2D eigenvalue weighted by molar-refractivity contribution is 5.75. The van der Waals surface area contributed by atoms with Crippen LogP contribution in [-0.4, -0.2) is 38.6 Å². The maximum atomic E-state index is 12.4. The first-order valence-electron chi connectivity index (χ1n) is 8.56. The predicted octanol–water partition coefficient (Wildman–Crippen LogP) is 2.67. The van der Waals surface area contributed by atoms with E-state index in [-0.39, 0.29) is 11.9 Å². The Labute approximate surface area is 146 Å². The average molecular weight is 335 g/mol. The normalized spacial score (nSPS) is 17.2. The first kappa shape index (κ1) is 15.6. The highest BCUT2D eigenvalue weighted by Crippen LogP contribution is 2.28. The fourth-order valence-corrected chi connectivity index (χ4v) is 3.45. The van der Waals surface area contributed by atoms with Gasteiger partial charge < -0.3 is 14.8 Å². The monoisotopic (exact) mass is 335 g/mol. The van der Waals surface area contributed by atoms with Crippen LogP contribution in [0, 0.1) is 0 Å². The molecule has 0 aliphatic carbocycles. The lowest BCUT2D eigenvalue weighted by atomic mass is 10.1. The summed E-state index contributed by atoms with van der Waals surface area (Å²) in [6, 6.07) is 13.8. The van der Waals surface area contributed by atoms with Gasteiger partial charge in [-0.05, 0) is 24.1 Å². The Hall–Kier alpha value is -2.89. The third-order valence-corrected chi connectivity index (χ3v) is 4.79. The molecule has 1 atom stereocenters. The minimum atomic E-state index is -0.0109. The largest absolute Gasteiger partial charge is 0.334 e. The molecule has 1 aliphatic rings. The second kappa shape index (κ2) is 6.55. The topological polar surface area (TPSA) is 63.1 Å². The smallest absolute Gasteiger partial charge is 0.317 e. The highest BCUT2D eigenvalue weighted by atomic mass is 16.2. The standard InChI is InChI=1S/C19H21N5O/c1-23-17(22-16-8-5-10-20-18(16)23)15-9-11-24(13-15)19(25)21-12-14-6-3-2-4-7-14/h2-8,10,15H,9,11-13H2,1H3,(H,21,25). The van der Waals surface area contributed by atoms with Crippen molar-refractivity contribution in [2.24, 2.45) is 7.05 Å². The van der Waals surface area contributed by atoms with Crippen LogP contribution in [0.3, 0.4) is 0 Å². The lowest BCUT2D eigenvalue weighted by Gasteiger charge is -2.17. The van der Waals surface area contributed by atoms with Crippen LogP contribution in [-0.2, 0) is 13.6 Å². The van der Waals surface area contributed by atoms with E-state index in [1.807, 2.05) is 59.0 Å². The van der Waals surface area contributed by atoms with Gasteiger partial charge in [0.05, 0.1) is 0 Å². The number of hydrogen-bond acceptors (Lipinski definition) is 3. The van der Waals surface area contributed by atoms with Gasteiger partial charge in [-0.25, -0.2) is 14.8 Å². The number of pyridine rings is 1. The molecule has 1 aliphatic heterocycles. The molecule has 0 saturated carbocycles. The second-order valence-corrected chi connectivity index (χ2v) is 6.45. The Kier molecular flexibility index (Phi) is 4.09. The fraction of sp³-hybridized carbons (Fsp3) is 0.316. The number of rotatable bonds is 3. The van der Waals surface area contributed by atoms with Crippen LogP contribution >= 0.6 is 0 Å². The third-order valence-electron chi connectivity index (χ3n) is 4.79. The highest BCUT2D eigenvalue weighted by Gasteiger charge is 2.30. The number of aromatic nitrogens is 3. The van der Waals surface area contributed by atoms with E-state index in [1.165, 1.54) is 0 Å². The summed E-state index contributed by atoms with van der Waals surface area (Å²) in [7, 11) is 2.00. The quantitative estimate of drug-likeness (QED) is 0.800. The minimum absolute atomic E-state index is 0.0109. The molecule has 3 aromatic rings. The number of urea groups is 1. The van der Waals surface area contributed by atoms with Crippen LogP contribution in [0.5, 0.6) is 0 Å². The Balaban J connectivity index is 1.42. The molecule has 1 fully saturated rings. The Bertz CT molecular complexity index is 889. The molecule has 6 nitrogen and oxygen atoms in total. The van der Waals surface area contributed by atoms with Crippen molar-refractivity contribution in [1.29, 1.82) is 0 Å². The first-order chi connectivity index (χ1) is 12.2. The molecule has 0 spiro atoms. The third kappa shape index (κ3) is 3.07. The summed E-state index contributed by atoms with van der Waals surface area (Å²) in [6.07, 6.45) is 2.71. The van der Waals surface area contributed by atoms with Crippen molar-refractivity contribution >= 4 is 17.2 Å². The number of carbonyl (C=O) groups is 1. The van der Waals surface area contributed by atoms with E-state index >= 15 is 0 Å². The van der Waals surface area contributed by atoms with E-state index in [0.29, 0.717) is 13.1 Å². The summed E-state index contributed by atoms with van der Waals surface area (Å²) in [4.78, 5) is 23.4. The van der Waals surface area contributed by atoms with E-state index in [4.69, 9.17) is 4.98 Å². The van der Waals surface area contributed by atoms with Crippen LogP contribution in [0.4, 0.5) is 4.79 Å². The molecule has 1 saturated heterocycles. The molecule has 6 heteroatoms. The van der Waals surface area contributed by atoms with E-state index in [0.717, 1.165) is 35.5 Å². The Morgan fingerprint density at radius 3 is 2.88 bits per heavy atom. The van der Waals surface area contributed by atoms with E-state index < -0.39 is 0 Å². The zero-order valence-electron chi connectivity index (χ0n) is 14.2. The lowest BCUT2D eigenvalue weighted by molar-refractivity contribution is 0.207. The van der Waals surface area contributed by atoms with Crippen LogP contribution in [0.1, 0.15) is 23.7 Å². The molecule has 1 aromatic carbocycles. The Morgan fingerprint density at radius 2 is 2.08 bits per heavy atom. The molecule has 2 amide bonds. The molecule has 2 aromatic heterocycles. The van der Waals surface area contributed by atoms with E-state index in [1.54, 1.807) is 6.20 Å². The van der Waals surface area contributed by atoms with Gasteiger partial charge in [0.2, 0.25) is 0 Å². The average Bonchev–Trinajstić information content (AvgIpc) is 3.26. The zero-order valence-corrected chi connectivity index (χ0v) is 14.2. The number of nitrogens with zero attached hydrogens (tertiary/aromatic N) is 4. The van der Waals surface area contributed by atoms with Crippen LogP contribution in [0.15, 0.2) is 48.7 Å². The van der Waals surface area contributed by atoms with Crippen molar-refractivity contribution in [3.8, 4) is 0 Å². The first-order valence-corrected chi connectivity index (χ1v) is 8.56. The lowest BCUT2D eigenvalue weighted by Crippen LogP contribution is -2.38. The van der Waals surface area contributed by atoms with Crippen LogP contribution in [0.2, 0.25) is 0 Å². The van der Waals surface area contributed by atoms with Crippen molar-refractivity contribution < 1.29 is 4.79 Å². The summed E-state index contributed by atoms with van der Waals surface area (Å²) >= 11 is 0. The number of benzene rings is 1. The fourth-order valence-electron chi connectivity index (χ4n) is 3.45. The molecule has 1 unspecified atom stereocenters. The molecule has 3 heterocycles. The van der Waals surface area contributed by atoms with Gasteiger partial charge in [0.25, 0.3) is 0 Å². The summed E-state index contributed by atoms with van der Waals surface area (Å²) in [5.74, 6) is 1.26. The number of amides is 2. The molecule has 25 heavy (non-hydrogen) atoms. The maximum absolute atomic E-state index is 12.4. The summed E-state index contributed by atoms with van der Waals surface area (Å²) < 4.78 is 2.05. The van der Waals surface area contributed by atoms with Crippen molar-refractivity contribution in [2.45, 2.75) is 18.9 Å². The summed E-state index contributed by atoms with van der Waals surface area (Å²) in [5.41, 5.74) is 2.91. The molecule has 128 valence electrons. The number of imidazole rings is 1. The van der Waals surface area contributed by atoms with Gasteiger partial charge in [-0.1, -0.05) is 30.3 Å². The minimum Gasteiger partial charge on any atom is -0.334 e. The SMILES string of the molecule is Cn1c(C2CCN(C(=O)NCc3ccccc3)C2)nc2cccnc21. The van der Waals surface area contributed by atoms with Crippen molar-refractivity contribution in [1.82, 2.24) is 24.8 Å². The summed E-state index contributed by atoms with van der Waals surface area (Å²) in [5, 5.41) is 3.00. The van der Waals surface area contributed by atoms with E-state index in [2.05, 4.69) is 10.3 Å². The second-order valence-electron chi connectivity index (χ2n) is 6.45. The van der Waals surface area contributed by atoms with Gasteiger partial charge in [0, 0.05) is 38.8 Å². The molecule has 1 N–H and O–H groups in total. The van der Waals surface area contributed by atoms with Crippen molar-refractivity contribution in [3.63, 3.8) is 0 Å². The number of hydrogen-bond donors (Lipinski definition) is 1. The number of aryl methyl sites for hydroxylation is 1. The summed E-state index contributed by atoms with van der Waals surface area (Å²) in [6.45, 7) is 2.00. The molecule has 0 bridgehead atoms.